The zero-order valence-electron chi connectivity index (χ0n) is 6.53. The predicted molar refractivity (Wildman–Crippen MR) is 42.0 cm³/mol. The van der Waals surface area contributed by atoms with Gasteiger partial charge in [-0.05, 0) is 13.8 Å². The molecule has 0 aromatic rings. The van der Waals surface area contributed by atoms with Crippen molar-refractivity contribution in [2.24, 2.45) is 0 Å². The van der Waals surface area contributed by atoms with Gasteiger partial charge in [-0.3, -0.25) is 0 Å². The van der Waals surface area contributed by atoms with Crippen molar-refractivity contribution >= 4 is 20.0 Å². The maximum atomic E-state index is 10.9. The molecular formula is C4H11NO4S2. The van der Waals surface area contributed by atoms with E-state index in [2.05, 4.69) is 0 Å². The predicted octanol–water partition coefficient (Wildman–Crippen LogP) is -0.726. The number of nitrogens with one attached hydrogen (secondary N) is 1. The Kier molecular flexibility index (Phi) is 3.04. The molecule has 0 aliphatic rings. The van der Waals surface area contributed by atoms with Gasteiger partial charge in [0.15, 0.2) is 0 Å². The first-order valence-corrected chi connectivity index (χ1v) is 6.31. The molecule has 0 radical (unpaired) electrons. The molecule has 0 aliphatic carbocycles. The molecular weight excluding hydrogens is 190 g/mol. The zero-order valence-corrected chi connectivity index (χ0v) is 8.16. The van der Waals surface area contributed by atoms with Crippen molar-refractivity contribution in [3.63, 3.8) is 0 Å². The van der Waals surface area contributed by atoms with Crippen LogP contribution in [-0.2, 0) is 20.0 Å². The van der Waals surface area contributed by atoms with Gasteiger partial charge in [0.2, 0.25) is 20.0 Å². The monoisotopic (exact) mass is 201 g/mol. The summed E-state index contributed by atoms with van der Waals surface area (Å²) in [7, 11) is -7.36. The van der Waals surface area contributed by atoms with Gasteiger partial charge in [-0.25, -0.2) is 16.8 Å². The molecule has 11 heavy (non-hydrogen) atoms. The highest BCUT2D eigenvalue weighted by atomic mass is 32.3. The second kappa shape index (κ2) is 3.08. The third-order valence-electron chi connectivity index (χ3n) is 0.888. The van der Waals surface area contributed by atoms with E-state index in [1.807, 2.05) is 0 Å². The number of rotatable bonds is 3. The topological polar surface area (TPSA) is 80.3 Å². The van der Waals surface area contributed by atoms with E-state index in [-0.39, 0.29) is 0 Å². The van der Waals surface area contributed by atoms with Crippen molar-refractivity contribution < 1.29 is 16.8 Å². The molecule has 0 spiro atoms. The van der Waals surface area contributed by atoms with Gasteiger partial charge in [0, 0.05) is 0 Å². The van der Waals surface area contributed by atoms with Gasteiger partial charge in [-0.15, -0.1) is 4.13 Å². The standard InChI is InChI=1S/C4H11NO4S2/c1-4(2)11(8,9)5-10(3,6)7/h4-5H,1-3H3. The van der Waals surface area contributed by atoms with Gasteiger partial charge in [-0.2, -0.15) is 0 Å². The molecule has 0 aliphatic heterocycles. The van der Waals surface area contributed by atoms with E-state index in [1.165, 1.54) is 18.0 Å². The zero-order chi connectivity index (χ0) is 9.28. The first-order chi connectivity index (χ1) is 4.65. The Morgan fingerprint density at radius 3 is 1.55 bits per heavy atom. The van der Waals surface area contributed by atoms with Gasteiger partial charge in [0.05, 0.1) is 11.5 Å². The molecule has 68 valence electrons. The van der Waals surface area contributed by atoms with Crippen molar-refractivity contribution in [2.45, 2.75) is 19.1 Å². The van der Waals surface area contributed by atoms with Crippen molar-refractivity contribution in [1.82, 2.24) is 4.13 Å². The molecule has 0 atom stereocenters. The van der Waals surface area contributed by atoms with Crippen LogP contribution in [0.1, 0.15) is 13.8 Å². The van der Waals surface area contributed by atoms with Crippen LogP contribution in [0.5, 0.6) is 0 Å². The molecule has 0 rings (SSSR count). The average Bonchev–Trinajstić information content (AvgIpc) is 1.56. The summed E-state index contributed by atoms with van der Waals surface area (Å²) in [5.74, 6) is 0. The number of sulfonamides is 2. The third kappa shape index (κ3) is 4.33. The molecule has 0 saturated carbocycles. The van der Waals surface area contributed by atoms with E-state index in [1.54, 1.807) is 0 Å². The summed E-state index contributed by atoms with van der Waals surface area (Å²) in [6.07, 6.45) is 0.799. The van der Waals surface area contributed by atoms with Crippen molar-refractivity contribution in [3.05, 3.63) is 0 Å². The van der Waals surface area contributed by atoms with Crippen LogP contribution in [0.3, 0.4) is 0 Å². The molecule has 7 heteroatoms. The lowest BCUT2D eigenvalue weighted by atomic mass is 10.6. The number of hydrogen-bond acceptors (Lipinski definition) is 4. The maximum absolute atomic E-state index is 10.9. The minimum Gasteiger partial charge on any atom is -0.212 e. The van der Waals surface area contributed by atoms with E-state index < -0.39 is 25.3 Å². The van der Waals surface area contributed by atoms with Crippen molar-refractivity contribution in [3.8, 4) is 0 Å². The minimum atomic E-state index is -3.69. The van der Waals surface area contributed by atoms with Crippen LogP contribution >= 0.6 is 0 Å². The van der Waals surface area contributed by atoms with E-state index >= 15 is 0 Å². The Morgan fingerprint density at radius 1 is 1.09 bits per heavy atom. The smallest absolute Gasteiger partial charge is 0.212 e. The molecule has 0 amide bonds. The van der Waals surface area contributed by atoms with Crippen LogP contribution in [0, 0.1) is 0 Å². The van der Waals surface area contributed by atoms with Gasteiger partial charge in [0.25, 0.3) is 0 Å². The van der Waals surface area contributed by atoms with Crippen LogP contribution < -0.4 is 4.13 Å². The van der Waals surface area contributed by atoms with Crippen LogP contribution in [0.4, 0.5) is 0 Å². The SMILES string of the molecule is CC(C)S(=O)(=O)NS(C)(=O)=O. The molecule has 0 saturated heterocycles. The molecule has 0 heterocycles. The van der Waals surface area contributed by atoms with Gasteiger partial charge in [-0.1, -0.05) is 0 Å². The second-order valence-corrected chi connectivity index (χ2v) is 6.69. The fraction of sp³-hybridized carbons (Fsp3) is 1.00. The Morgan fingerprint density at radius 2 is 1.45 bits per heavy atom. The lowest BCUT2D eigenvalue weighted by Crippen LogP contribution is -2.34. The summed E-state index contributed by atoms with van der Waals surface area (Å²) >= 11 is 0. The summed E-state index contributed by atoms with van der Waals surface area (Å²) in [6, 6.07) is 0. The Bertz CT molecular complexity index is 312. The van der Waals surface area contributed by atoms with Crippen LogP contribution in [-0.4, -0.2) is 28.3 Å². The highest BCUT2D eigenvalue weighted by Gasteiger charge is 2.19. The molecule has 0 fully saturated rings. The first kappa shape index (κ1) is 10.9. The third-order valence-corrected chi connectivity index (χ3v) is 4.27. The van der Waals surface area contributed by atoms with Gasteiger partial charge < -0.3 is 0 Å². The van der Waals surface area contributed by atoms with Gasteiger partial charge >= 0.3 is 0 Å². The molecule has 0 aromatic carbocycles. The quantitative estimate of drug-likeness (QED) is 0.653. The fourth-order valence-corrected chi connectivity index (χ4v) is 2.76. The van der Waals surface area contributed by atoms with Crippen LogP contribution in [0.25, 0.3) is 0 Å². The highest BCUT2D eigenvalue weighted by molar-refractivity contribution is 8.04. The fourth-order valence-electron chi connectivity index (χ4n) is 0.307. The average molecular weight is 201 g/mol. The Balaban J connectivity index is 4.68. The van der Waals surface area contributed by atoms with E-state index in [0.29, 0.717) is 0 Å². The van der Waals surface area contributed by atoms with Crippen molar-refractivity contribution in [1.29, 1.82) is 0 Å². The summed E-state index contributed by atoms with van der Waals surface area (Å²) in [6.45, 7) is 2.79. The van der Waals surface area contributed by atoms with E-state index in [4.69, 9.17) is 0 Å². The highest BCUT2D eigenvalue weighted by Crippen LogP contribution is 1.96. The van der Waals surface area contributed by atoms with Crippen LogP contribution in [0.15, 0.2) is 0 Å². The summed E-state index contributed by atoms with van der Waals surface area (Å²) in [5, 5.41) is -0.739. The summed E-state index contributed by atoms with van der Waals surface area (Å²) < 4.78 is 44.2. The van der Waals surface area contributed by atoms with Crippen LogP contribution in [0.2, 0.25) is 0 Å². The van der Waals surface area contributed by atoms with Gasteiger partial charge in [0.1, 0.15) is 0 Å². The first-order valence-electron chi connectivity index (χ1n) is 2.87. The summed E-state index contributed by atoms with van der Waals surface area (Å²) in [4.78, 5) is 0. The lowest BCUT2D eigenvalue weighted by Gasteiger charge is -2.06. The van der Waals surface area contributed by atoms with E-state index in [0.717, 1.165) is 6.26 Å². The minimum absolute atomic E-state index is 0.739. The maximum Gasteiger partial charge on any atom is 0.226 e. The lowest BCUT2D eigenvalue weighted by molar-refractivity contribution is 0.574. The molecule has 0 unspecified atom stereocenters. The number of hydrogen-bond donors (Lipinski definition) is 1. The van der Waals surface area contributed by atoms with E-state index in [9.17, 15) is 16.8 Å². The molecule has 0 aromatic heterocycles. The summed E-state index contributed by atoms with van der Waals surface area (Å²) in [5.41, 5.74) is 0. The molecule has 5 nitrogen and oxygen atoms in total. The largest absolute Gasteiger partial charge is 0.226 e. The normalized spacial score (nSPS) is 13.8. The molecule has 1 N–H and O–H groups in total. The van der Waals surface area contributed by atoms with Crippen molar-refractivity contribution in [2.75, 3.05) is 6.26 Å². The second-order valence-electron chi connectivity index (χ2n) is 2.45. The molecule has 0 bridgehead atoms. The Labute approximate surface area is 66.9 Å². The Hall–Kier alpha value is -0.140.